The molecule has 0 aliphatic rings. The number of rotatable bonds is 6. The third kappa shape index (κ3) is 5.72. The van der Waals surface area contributed by atoms with Crippen molar-refractivity contribution in [3.63, 3.8) is 0 Å². The second kappa shape index (κ2) is 8.67. The van der Waals surface area contributed by atoms with E-state index in [9.17, 15) is 9.59 Å². The van der Waals surface area contributed by atoms with Crippen LogP contribution < -0.4 is 15.6 Å². The van der Waals surface area contributed by atoms with Crippen LogP contribution in [0.1, 0.15) is 23.1 Å². The van der Waals surface area contributed by atoms with E-state index in [0.717, 1.165) is 16.7 Å². The van der Waals surface area contributed by atoms with Gasteiger partial charge in [0, 0.05) is 18.8 Å². The zero-order valence-electron chi connectivity index (χ0n) is 13.8. The van der Waals surface area contributed by atoms with Gasteiger partial charge in [-0.15, -0.1) is 0 Å². The Bertz CT molecular complexity index is 702. The highest BCUT2D eigenvalue weighted by molar-refractivity contribution is 5.82. The molecule has 1 aromatic carbocycles. The summed E-state index contributed by atoms with van der Waals surface area (Å²) in [6.07, 6.45) is 4.22. The molecule has 0 aliphatic carbocycles. The first kappa shape index (κ1) is 17.5. The summed E-state index contributed by atoms with van der Waals surface area (Å²) in [4.78, 5) is 27.4. The zero-order valence-corrected chi connectivity index (χ0v) is 13.8. The predicted molar refractivity (Wildman–Crippen MR) is 90.3 cm³/mol. The van der Waals surface area contributed by atoms with Gasteiger partial charge in [0.25, 0.3) is 5.91 Å². The highest BCUT2D eigenvalue weighted by atomic mass is 16.5. The van der Waals surface area contributed by atoms with Gasteiger partial charge in [-0.1, -0.05) is 12.1 Å². The van der Waals surface area contributed by atoms with Crippen molar-refractivity contribution in [3.05, 3.63) is 59.4 Å². The first-order valence-electron chi connectivity index (χ1n) is 7.71. The minimum absolute atomic E-state index is 0.161. The van der Waals surface area contributed by atoms with Crippen LogP contribution in [0.3, 0.4) is 0 Å². The Morgan fingerprint density at radius 3 is 2.58 bits per heavy atom. The van der Waals surface area contributed by atoms with Crippen LogP contribution in [-0.2, 0) is 16.0 Å². The molecular weight excluding hydrogens is 306 g/mol. The van der Waals surface area contributed by atoms with Gasteiger partial charge in [0.15, 0.2) is 6.61 Å². The van der Waals surface area contributed by atoms with E-state index in [-0.39, 0.29) is 18.9 Å². The number of carbonyl (C=O) groups excluding carboxylic acids is 2. The molecule has 0 bridgehead atoms. The lowest BCUT2D eigenvalue weighted by atomic mass is 10.1. The monoisotopic (exact) mass is 327 g/mol. The summed E-state index contributed by atoms with van der Waals surface area (Å²) in [5, 5.41) is 0. The fourth-order valence-electron chi connectivity index (χ4n) is 1.99. The number of aromatic nitrogens is 1. The molecule has 126 valence electrons. The van der Waals surface area contributed by atoms with E-state index in [1.807, 2.05) is 44.2 Å². The van der Waals surface area contributed by atoms with E-state index in [1.54, 1.807) is 12.4 Å². The van der Waals surface area contributed by atoms with Crippen LogP contribution in [0.25, 0.3) is 0 Å². The molecule has 1 aromatic heterocycles. The quantitative estimate of drug-likeness (QED) is 0.794. The summed E-state index contributed by atoms with van der Waals surface area (Å²) >= 11 is 0. The van der Waals surface area contributed by atoms with Gasteiger partial charge >= 0.3 is 0 Å². The van der Waals surface area contributed by atoms with Crippen molar-refractivity contribution in [1.29, 1.82) is 0 Å². The SMILES string of the molecule is Cc1ccc(OCC(=O)NNC(=O)CCc2cccnc2)cc1C. The van der Waals surface area contributed by atoms with Crippen molar-refractivity contribution < 1.29 is 14.3 Å². The smallest absolute Gasteiger partial charge is 0.276 e. The van der Waals surface area contributed by atoms with Crippen molar-refractivity contribution in [1.82, 2.24) is 15.8 Å². The lowest BCUT2D eigenvalue weighted by molar-refractivity contribution is -0.130. The molecule has 2 rings (SSSR count). The van der Waals surface area contributed by atoms with Crippen molar-refractivity contribution in [3.8, 4) is 5.75 Å². The Morgan fingerprint density at radius 1 is 1.08 bits per heavy atom. The van der Waals surface area contributed by atoms with Gasteiger partial charge < -0.3 is 4.74 Å². The van der Waals surface area contributed by atoms with Crippen LogP contribution in [0, 0.1) is 13.8 Å². The molecule has 0 spiro atoms. The third-order valence-electron chi connectivity index (χ3n) is 3.55. The lowest BCUT2D eigenvalue weighted by Gasteiger charge is -2.10. The number of nitrogens with zero attached hydrogens (tertiary/aromatic N) is 1. The highest BCUT2D eigenvalue weighted by Gasteiger charge is 2.06. The molecule has 0 unspecified atom stereocenters. The van der Waals surface area contributed by atoms with Gasteiger partial charge in [0.1, 0.15) is 5.75 Å². The van der Waals surface area contributed by atoms with Crippen LogP contribution in [0.5, 0.6) is 5.75 Å². The number of aryl methyl sites for hydroxylation is 3. The topological polar surface area (TPSA) is 80.3 Å². The molecular formula is C18H21N3O3. The average molecular weight is 327 g/mol. The van der Waals surface area contributed by atoms with Crippen LogP contribution >= 0.6 is 0 Å². The van der Waals surface area contributed by atoms with Crippen molar-refractivity contribution in [2.75, 3.05) is 6.61 Å². The van der Waals surface area contributed by atoms with E-state index < -0.39 is 5.91 Å². The molecule has 0 saturated heterocycles. The number of amides is 2. The van der Waals surface area contributed by atoms with Crippen LogP contribution in [0.2, 0.25) is 0 Å². The van der Waals surface area contributed by atoms with Crippen LogP contribution in [-0.4, -0.2) is 23.4 Å². The minimum Gasteiger partial charge on any atom is -0.484 e. The van der Waals surface area contributed by atoms with E-state index in [1.165, 1.54) is 0 Å². The largest absolute Gasteiger partial charge is 0.484 e. The maximum Gasteiger partial charge on any atom is 0.276 e. The number of carbonyl (C=O) groups is 2. The fraction of sp³-hybridized carbons (Fsp3) is 0.278. The first-order valence-corrected chi connectivity index (χ1v) is 7.71. The molecule has 0 radical (unpaired) electrons. The number of hydrazine groups is 1. The predicted octanol–water partition coefficient (Wildman–Crippen LogP) is 1.86. The molecule has 1 heterocycles. The Labute approximate surface area is 141 Å². The molecule has 0 saturated carbocycles. The van der Waals surface area contributed by atoms with Crippen LogP contribution in [0.4, 0.5) is 0 Å². The Hall–Kier alpha value is -2.89. The third-order valence-corrected chi connectivity index (χ3v) is 3.55. The molecule has 6 nitrogen and oxygen atoms in total. The maximum absolute atomic E-state index is 11.7. The normalized spacial score (nSPS) is 10.1. The standard InChI is InChI=1S/C18H21N3O3/c1-13-5-7-16(10-14(13)2)24-12-18(23)21-20-17(22)8-6-15-4-3-9-19-11-15/h3-5,7,9-11H,6,8,12H2,1-2H3,(H,20,22)(H,21,23). The van der Waals surface area contributed by atoms with E-state index in [0.29, 0.717) is 12.2 Å². The van der Waals surface area contributed by atoms with Gasteiger partial charge in [-0.05, 0) is 55.2 Å². The summed E-state index contributed by atoms with van der Waals surface area (Å²) < 4.78 is 5.39. The first-order chi connectivity index (χ1) is 11.5. The van der Waals surface area contributed by atoms with Crippen molar-refractivity contribution in [2.24, 2.45) is 0 Å². The summed E-state index contributed by atoms with van der Waals surface area (Å²) in [5.74, 6) is -0.0579. The fourth-order valence-corrected chi connectivity index (χ4v) is 1.99. The van der Waals surface area contributed by atoms with E-state index in [2.05, 4.69) is 15.8 Å². The number of ether oxygens (including phenoxy) is 1. The molecule has 2 N–H and O–H groups in total. The van der Waals surface area contributed by atoms with Gasteiger partial charge in [0.2, 0.25) is 5.91 Å². The van der Waals surface area contributed by atoms with Crippen molar-refractivity contribution >= 4 is 11.8 Å². The number of hydrogen-bond donors (Lipinski definition) is 2. The lowest BCUT2D eigenvalue weighted by Crippen LogP contribution is -2.43. The van der Waals surface area contributed by atoms with Gasteiger partial charge in [0.05, 0.1) is 0 Å². The van der Waals surface area contributed by atoms with Crippen molar-refractivity contribution in [2.45, 2.75) is 26.7 Å². The van der Waals surface area contributed by atoms with E-state index >= 15 is 0 Å². The molecule has 2 aromatic rings. The van der Waals surface area contributed by atoms with Gasteiger partial charge in [-0.3, -0.25) is 25.4 Å². The average Bonchev–Trinajstić information content (AvgIpc) is 2.60. The molecule has 2 amide bonds. The Morgan fingerprint density at radius 2 is 1.88 bits per heavy atom. The van der Waals surface area contributed by atoms with Gasteiger partial charge in [-0.25, -0.2) is 0 Å². The highest BCUT2D eigenvalue weighted by Crippen LogP contribution is 2.16. The molecule has 0 fully saturated rings. The second-order valence-corrected chi connectivity index (χ2v) is 5.49. The summed E-state index contributed by atoms with van der Waals surface area (Å²) in [6, 6.07) is 9.33. The molecule has 0 atom stereocenters. The molecule has 0 aliphatic heterocycles. The number of benzene rings is 1. The van der Waals surface area contributed by atoms with E-state index in [4.69, 9.17) is 4.74 Å². The van der Waals surface area contributed by atoms with Crippen LogP contribution in [0.15, 0.2) is 42.7 Å². The second-order valence-electron chi connectivity index (χ2n) is 5.49. The van der Waals surface area contributed by atoms with Gasteiger partial charge in [-0.2, -0.15) is 0 Å². The Balaban J connectivity index is 1.67. The molecule has 6 heteroatoms. The zero-order chi connectivity index (χ0) is 17.4. The minimum atomic E-state index is -0.414. The molecule has 24 heavy (non-hydrogen) atoms. The summed E-state index contributed by atoms with van der Waals surface area (Å²) in [5.41, 5.74) is 7.93. The maximum atomic E-state index is 11.7. The summed E-state index contributed by atoms with van der Waals surface area (Å²) in [6.45, 7) is 3.82. The summed E-state index contributed by atoms with van der Waals surface area (Å²) in [7, 11) is 0. The number of pyridine rings is 1. The number of nitrogens with one attached hydrogen (secondary N) is 2. The number of hydrogen-bond acceptors (Lipinski definition) is 4. The Kier molecular flexibility index (Phi) is 6.31.